The molecular formula is C22H47NO3P+. The van der Waals surface area contributed by atoms with Crippen molar-refractivity contribution < 1.29 is 18.5 Å². The molecule has 0 fully saturated rings. The third kappa shape index (κ3) is 14.5. The summed E-state index contributed by atoms with van der Waals surface area (Å²) in [6.07, 6.45) is 20.1. The molecule has 0 aromatic rings. The van der Waals surface area contributed by atoms with Crippen molar-refractivity contribution in [1.82, 2.24) is 0 Å². The molecule has 0 aliphatic heterocycles. The van der Waals surface area contributed by atoms with Gasteiger partial charge >= 0.3 is 7.60 Å². The molecule has 27 heavy (non-hydrogen) atoms. The van der Waals surface area contributed by atoms with E-state index < -0.39 is 7.60 Å². The molecule has 0 heterocycles. The summed E-state index contributed by atoms with van der Waals surface area (Å²) >= 11 is 0. The highest BCUT2D eigenvalue weighted by Crippen LogP contribution is 2.51. The predicted molar refractivity (Wildman–Crippen MR) is 118 cm³/mol. The summed E-state index contributed by atoms with van der Waals surface area (Å²) in [7, 11) is 2.30. The highest BCUT2D eigenvalue weighted by Gasteiger charge is 2.41. The van der Waals surface area contributed by atoms with Crippen LogP contribution in [0, 0.1) is 0 Å². The molecule has 5 heteroatoms. The van der Waals surface area contributed by atoms with E-state index in [4.69, 9.17) is 4.52 Å². The van der Waals surface area contributed by atoms with E-state index in [2.05, 4.69) is 19.1 Å². The Balaban J connectivity index is 3.54. The summed E-state index contributed by atoms with van der Waals surface area (Å²) in [5.74, 6) is -0.347. The number of allylic oxidation sites excluding steroid dienone is 2. The Kier molecular flexibility index (Phi) is 15.6. The predicted octanol–water partition coefficient (Wildman–Crippen LogP) is 6.89. The molecule has 0 spiro atoms. The van der Waals surface area contributed by atoms with Crippen molar-refractivity contribution in [3.8, 4) is 0 Å². The fourth-order valence-electron chi connectivity index (χ4n) is 3.56. The molecule has 0 bridgehead atoms. The zero-order chi connectivity index (χ0) is 20.6. The molecule has 2 unspecified atom stereocenters. The van der Waals surface area contributed by atoms with E-state index in [-0.39, 0.29) is 5.78 Å². The highest BCUT2D eigenvalue weighted by molar-refractivity contribution is 7.53. The lowest BCUT2D eigenvalue weighted by molar-refractivity contribution is -0.883. The third-order valence-electron chi connectivity index (χ3n) is 5.08. The minimum absolute atomic E-state index is 0.347. The number of unbranched alkanes of at least 4 members (excludes halogenated alkanes) is 10. The van der Waals surface area contributed by atoms with Crippen LogP contribution in [0.25, 0.3) is 0 Å². The first-order chi connectivity index (χ1) is 12.8. The fraction of sp³-hybridized carbons (Fsp3) is 0.909. The van der Waals surface area contributed by atoms with E-state index in [0.717, 1.165) is 19.3 Å². The highest BCUT2D eigenvalue weighted by atomic mass is 31.2. The Morgan fingerprint density at radius 3 is 1.78 bits per heavy atom. The third-order valence-corrected chi connectivity index (χ3v) is 7.44. The summed E-state index contributed by atoms with van der Waals surface area (Å²) in [5, 5.41) is 0. The molecule has 0 aromatic carbocycles. The monoisotopic (exact) mass is 404 g/mol. The molecule has 0 aliphatic rings. The van der Waals surface area contributed by atoms with Crippen LogP contribution in [0.5, 0.6) is 0 Å². The van der Waals surface area contributed by atoms with Crippen LogP contribution in [0.15, 0.2) is 12.2 Å². The van der Waals surface area contributed by atoms with Gasteiger partial charge in [0.1, 0.15) is 0 Å². The first-order valence-corrected chi connectivity index (χ1v) is 12.8. The number of nitrogens with zero attached hydrogens (tertiary/aromatic N) is 1. The van der Waals surface area contributed by atoms with Gasteiger partial charge in [-0.1, -0.05) is 77.4 Å². The Bertz CT molecular complexity index is 418. The van der Waals surface area contributed by atoms with Gasteiger partial charge in [-0.25, -0.2) is 0 Å². The van der Waals surface area contributed by atoms with Gasteiger partial charge in [0.15, 0.2) is 5.78 Å². The van der Waals surface area contributed by atoms with Crippen LogP contribution in [0.4, 0.5) is 0 Å². The Morgan fingerprint density at radius 1 is 0.852 bits per heavy atom. The van der Waals surface area contributed by atoms with Crippen LogP contribution < -0.4 is 0 Å². The maximum absolute atomic E-state index is 12.4. The summed E-state index contributed by atoms with van der Waals surface area (Å²) in [6, 6.07) is 0. The van der Waals surface area contributed by atoms with Crippen LogP contribution in [0.1, 0.15) is 97.3 Å². The number of rotatable bonds is 18. The molecule has 0 saturated heterocycles. The van der Waals surface area contributed by atoms with Crippen LogP contribution in [0.2, 0.25) is 0 Å². The molecule has 0 saturated carbocycles. The lowest BCUT2D eigenvalue weighted by Gasteiger charge is -2.35. The van der Waals surface area contributed by atoms with E-state index >= 15 is 0 Å². The van der Waals surface area contributed by atoms with E-state index in [1.807, 2.05) is 28.1 Å². The van der Waals surface area contributed by atoms with E-state index in [9.17, 15) is 9.46 Å². The van der Waals surface area contributed by atoms with Crippen molar-refractivity contribution in [2.75, 3.05) is 27.7 Å². The number of hydrogen-bond acceptors (Lipinski definition) is 2. The molecule has 0 amide bonds. The molecule has 162 valence electrons. The average Bonchev–Trinajstić information content (AvgIpc) is 2.57. The number of quaternary nitrogens is 1. The van der Waals surface area contributed by atoms with Crippen LogP contribution in [0.3, 0.4) is 0 Å². The van der Waals surface area contributed by atoms with E-state index in [1.165, 1.54) is 57.8 Å². The standard InChI is InChI=1S/C22H46NO3P/c1-6-8-9-10-11-12-13-14-15-16-17-18-19-20-21-26-27(24,25)22(7-2)23(3,4)5/h8-9,22H,6-7,10-21H2,1-5H3/p+1. The van der Waals surface area contributed by atoms with Crippen molar-refractivity contribution in [1.29, 1.82) is 0 Å². The average molecular weight is 405 g/mol. The molecular weight excluding hydrogens is 357 g/mol. The molecule has 0 aliphatic carbocycles. The quantitative estimate of drug-likeness (QED) is 0.117. The van der Waals surface area contributed by atoms with Crippen LogP contribution in [-0.4, -0.2) is 42.9 Å². The maximum atomic E-state index is 12.4. The number of hydrogen-bond donors (Lipinski definition) is 1. The molecule has 0 aromatic heterocycles. The van der Waals surface area contributed by atoms with Crippen molar-refractivity contribution in [2.24, 2.45) is 0 Å². The minimum Gasteiger partial charge on any atom is -0.320 e. The summed E-state index contributed by atoms with van der Waals surface area (Å²) in [5.41, 5.74) is 0. The van der Waals surface area contributed by atoms with Gasteiger partial charge < -0.3 is 13.9 Å². The zero-order valence-electron chi connectivity index (χ0n) is 18.8. The molecule has 2 atom stereocenters. The first kappa shape index (κ1) is 26.9. The van der Waals surface area contributed by atoms with Crippen molar-refractivity contribution in [3.63, 3.8) is 0 Å². The topological polar surface area (TPSA) is 46.5 Å². The zero-order valence-corrected chi connectivity index (χ0v) is 19.7. The maximum Gasteiger partial charge on any atom is 0.385 e. The summed E-state index contributed by atoms with van der Waals surface area (Å²) in [4.78, 5) is 10.2. The molecule has 4 nitrogen and oxygen atoms in total. The van der Waals surface area contributed by atoms with Gasteiger partial charge in [-0.3, -0.25) is 4.57 Å². The Labute approximate surface area is 169 Å². The van der Waals surface area contributed by atoms with Crippen molar-refractivity contribution >= 4 is 7.60 Å². The van der Waals surface area contributed by atoms with E-state index in [0.29, 0.717) is 17.5 Å². The Hall–Kier alpha value is -0.150. The second-order valence-electron chi connectivity index (χ2n) is 8.61. The largest absolute Gasteiger partial charge is 0.385 e. The van der Waals surface area contributed by atoms with Gasteiger partial charge in [-0.2, -0.15) is 0 Å². The molecule has 1 N–H and O–H groups in total. The normalized spacial score (nSPS) is 15.9. The second kappa shape index (κ2) is 15.7. The SMILES string of the molecule is CCC=CCCCCCCCCCCCCOP(=O)(O)C(CC)[N+](C)(C)C. The summed E-state index contributed by atoms with van der Waals surface area (Å²) in [6.45, 7) is 4.53. The van der Waals surface area contributed by atoms with Gasteiger partial charge in [0.2, 0.25) is 0 Å². The first-order valence-electron chi connectivity index (χ1n) is 11.2. The second-order valence-corrected chi connectivity index (χ2v) is 10.6. The summed E-state index contributed by atoms with van der Waals surface area (Å²) < 4.78 is 18.3. The van der Waals surface area contributed by atoms with Gasteiger partial charge in [0.05, 0.1) is 27.7 Å². The fourth-order valence-corrected chi connectivity index (χ4v) is 5.46. The lowest BCUT2D eigenvalue weighted by Crippen LogP contribution is -2.44. The van der Waals surface area contributed by atoms with Crippen LogP contribution in [-0.2, 0) is 9.09 Å². The van der Waals surface area contributed by atoms with Gasteiger partial charge in [-0.15, -0.1) is 0 Å². The van der Waals surface area contributed by atoms with Crippen molar-refractivity contribution in [3.05, 3.63) is 12.2 Å². The van der Waals surface area contributed by atoms with Crippen LogP contribution >= 0.6 is 7.60 Å². The molecule has 0 radical (unpaired) electrons. The lowest BCUT2D eigenvalue weighted by atomic mass is 10.1. The Morgan fingerprint density at radius 2 is 1.33 bits per heavy atom. The van der Waals surface area contributed by atoms with E-state index in [1.54, 1.807) is 0 Å². The van der Waals surface area contributed by atoms with Gasteiger partial charge in [0, 0.05) is 6.42 Å². The van der Waals surface area contributed by atoms with Gasteiger partial charge in [0.25, 0.3) is 0 Å². The van der Waals surface area contributed by atoms with Gasteiger partial charge in [-0.05, 0) is 25.7 Å². The smallest absolute Gasteiger partial charge is 0.320 e. The van der Waals surface area contributed by atoms with Crippen molar-refractivity contribution in [2.45, 2.75) is 103 Å². The molecule has 0 rings (SSSR count). The minimum atomic E-state index is -3.54.